The van der Waals surface area contributed by atoms with Crippen molar-refractivity contribution in [2.45, 2.75) is 38.3 Å². The fourth-order valence-electron chi connectivity index (χ4n) is 1.90. The van der Waals surface area contributed by atoms with Gasteiger partial charge in [-0.05, 0) is 6.42 Å². The molecule has 0 spiro atoms. The predicted octanol–water partition coefficient (Wildman–Crippen LogP) is 2.96. The number of hydrogen-bond donors (Lipinski definition) is 1. The number of nitrogens with one attached hydrogen (secondary N) is 1. The Morgan fingerprint density at radius 3 is 2.82 bits per heavy atom. The van der Waals surface area contributed by atoms with Gasteiger partial charge in [-0.15, -0.1) is 0 Å². The van der Waals surface area contributed by atoms with Crippen molar-refractivity contribution < 1.29 is 4.79 Å². The van der Waals surface area contributed by atoms with E-state index in [1.165, 1.54) is 12.8 Å². The van der Waals surface area contributed by atoms with Crippen molar-refractivity contribution in [2.24, 2.45) is 0 Å². The molecule has 0 radical (unpaired) electrons. The van der Waals surface area contributed by atoms with Gasteiger partial charge in [0.2, 0.25) is 0 Å². The van der Waals surface area contributed by atoms with Crippen LogP contribution in [0.2, 0.25) is 0 Å². The van der Waals surface area contributed by atoms with E-state index in [0.29, 0.717) is 0 Å². The minimum Gasteiger partial charge on any atom is -0.297 e. The molecule has 90 valence electrons. The summed E-state index contributed by atoms with van der Waals surface area (Å²) in [6, 6.07) is 9.73. The van der Waals surface area contributed by atoms with E-state index in [0.717, 1.165) is 12.0 Å². The molecule has 0 saturated carbocycles. The topological polar surface area (TPSA) is 39.0 Å². The Balaban J connectivity index is 1.83. The lowest BCUT2D eigenvalue weighted by Gasteiger charge is -1.96. The van der Waals surface area contributed by atoms with Gasteiger partial charge in [0.15, 0.2) is 5.78 Å². The van der Waals surface area contributed by atoms with Crippen LogP contribution in [0.1, 0.15) is 36.5 Å². The molecule has 1 aliphatic rings. The molecule has 1 aromatic carbocycles. The Hall–Kier alpha value is -1.41. The SMILES string of the molecule is CCCC/C=C/[C@H]1N[C@@H]1C(=O)c1ccccc1. The van der Waals surface area contributed by atoms with Gasteiger partial charge in [0, 0.05) is 11.6 Å². The molecule has 0 amide bonds. The molecule has 1 N–H and O–H groups in total. The second kappa shape index (κ2) is 5.78. The third-order valence-corrected chi connectivity index (χ3v) is 3.03. The number of allylic oxidation sites excluding steroid dienone is 1. The Labute approximate surface area is 103 Å². The third-order valence-electron chi connectivity index (χ3n) is 3.03. The van der Waals surface area contributed by atoms with E-state index in [1.807, 2.05) is 30.3 Å². The molecule has 0 unspecified atom stereocenters. The molecule has 17 heavy (non-hydrogen) atoms. The maximum Gasteiger partial charge on any atom is 0.181 e. The smallest absolute Gasteiger partial charge is 0.181 e. The lowest BCUT2D eigenvalue weighted by atomic mass is 10.1. The second-order valence-electron chi connectivity index (χ2n) is 4.47. The van der Waals surface area contributed by atoms with E-state index in [2.05, 4.69) is 24.4 Å². The molecule has 0 aromatic heterocycles. The normalized spacial score (nSPS) is 22.9. The standard InChI is InChI=1S/C15H19NO/c1-2-3-4-8-11-13-14(16-13)15(17)12-9-6-5-7-10-12/h5-11,13-14,16H,2-4H2,1H3/b11-8+/t13-,14+/m1/s1. The maximum atomic E-state index is 12.0. The number of hydrogen-bond acceptors (Lipinski definition) is 2. The van der Waals surface area contributed by atoms with E-state index in [4.69, 9.17) is 0 Å². The summed E-state index contributed by atoms with van der Waals surface area (Å²) in [7, 11) is 0. The molecule has 0 aliphatic carbocycles. The Morgan fingerprint density at radius 2 is 2.12 bits per heavy atom. The summed E-state index contributed by atoms with van der Waals surface area (Å²) in [5.74, 6) is 0.204. The van der Waals surface area contributed by atoms with Gasteiger partial charge in [-0.3, -0.25) is 10.1 Å². The average molecular weight is 229 g/mol. The van der Waals surface area contributed by atoms with Gasteiger partial charge < -0.3 is 0 Å². The fraction of sp³-hybridized carbons (Fsp3) is 0.400. The number of carbonyl (C=O) groups excluding carboxylic acids is 1. The van der Waals surface area contributed by atoms with E-state index in [1.54, 1.807) is 0 Å². The third kappa shape index (κ3) is 3.27. The van der Waals surface area contributed by atoms with Gasteiger partial charge in [0.1, 0.15) is 0 Å². The monoisotopic (exact) mass is 229 g/mol. The minimum absolute atomic E-state index is 0.00437. The van der Waals surface area contributed by atoms with Crippen LogP contribution in [0.5, 0.6) is 0 Å². The lowest BCUT2D eigenvalue weighted by molar-refractivity contribution is 0.0989. The van der Waals surface area contributed by atoms with Crippen LogP contribution in [0.3, 0.4) is 0 Å². The molecule has 1 saturated heterocycles. The zero-order valence-electron chi connectivity index (χ0n) is 10.2. The van der Waals surface area contributed by atoms with Crippen molar-refractivity contribution in [3.63, 3.8) is 0 Å². The lowest BCUT2D eigenvalue weighted by Crippen LogP contribution is -2.10. The molecule has 2 rings (SSSR count). The van der Waals surface area contributed by atoms with Gasteiger partial charge in [-0.25, -0.2) is 0 Å². The molecule has 2 atom stereocenters. The van der Waals surface area contributed by atoms with E-state index in [9.17, 15) is 4.79 Å². The summed E-state index contributed by atoms with van der Waals surface area (Å²) in [6.45, 7) is 2.19. The van der Waals surface area contributed by atoms with Crippen LogP contribution in [0, 0.1) is 0 Å². The number of rotatable bonds is 6. The Bertz CT molecular complexity index is 397. The first-order valence-corrected chi connectivity index (χ1v) is 6.35. The first-order chi connectivity index (χ1) is 8.33. The van der Waals surface area contributed by atoms with E-state index >= 15 is 0 Å². The van der Waals surface area contributed by atoms with Crippen molar-refractivity contribution in [2.75, 3.05) is 0 Å². The molecular weight excluding hydrogens is 210 g/mol. The zero-order chi connectivity index (χ0) is 12.1. The van der Waals surface area contributed by atoms with Crippen LogP contribution in [-0.4, -0.2) is 17.9 Å². The summed E-state index contributed by atoms with van der Waals surface area (Å²) in [4.78, 5) is 12.0. The quantitative estimate of drug-likeness (QED) is 0.352. The number of carbonyl (C=O) groups is 1. The Kier molecular flexibility index (Phi) is 4.10. The zero-order valence-corrected chi connectivity index (χ0v) is 10.2. The maximum absolute atomic E-state index is 12.0. The Morgan fingerprint density at radius 1 is 1.35 bits per heavy atom. The van der Waals surface area contributed by atoms with Gasteiger partial charge in [0.05, 0.1) is 6.04 Å². The molecule has 1 aliphatic heterocycles. The number of unbranched alkanes of at least 4 members (excludes halogenated alkanes) is 2. The van der Waals surface area contributed by atoms with Crippen LogP contribution < -0.4 is 5.32 Å². The van der Waals surface area contributed by atoms with Crippen molar-refractivity contribution in [3.05, 3.63) is 48.0 Å². The highest BCUT2D eigenvalue weighted by Gasteiger charge is 2.40. The van der Waals surface area contributed by atoms with Crippen LogP contribution >= 0.6 is 0 Å². The molecular formula is C15H19NO. The largest absolute Gasteiger partial charge is 0.297 e. The summed E-state index contributed by atoms with van der Waals surface area (Å²) >= 11 is 0. The molecule has 2 heteroatoms. The van der Waals surface area contributed by atoms with E-state index < -0.39 is 0 Å². The molecule has 1 aromatic rings. The van der Waals surface area contributed by atoms with Gasteiger partial charge in [-0.1, -0.05) is 62.2 Å². The number of ketones is 1. The van der Waals surface area contributed by atoms with E-state index in [-0.39, 0.29) is 17.9 Å². The molecule has 1 fully saturated rings. The van der Waals surface area contributed by atoms with Crippen molar-refractivity contribution in [3.8, 4) is 0 Å². The average Bonchev–Trinajstić information content (AvgIpc) is 3.14. The molecule has 2 nitrogen and oxygen atoms in total. The predicted molar refractivity (Wildman–Crippen MR) is 70.1 cm³/mol. The van der Waals surface area contributed by atoms with Gasteiger partial charge >= 0.3 is 0 Å². The minimum atomic E-state index is -0.00437. The summed E-state index contributed by atoms with van der Waals surface area (Å²) in [5.41, 5.74) is 0.800. The van der Waals surface area contributed by atoms with Crippen LogP contribution in [0.15, 0.2) is 42.5 Å². The van der Waals surface area contributed by atoms with Gasteiger partial charge in [0.25, 0.3) is 0 Å². The van der Waals surface area contributed by atoms with Crippen molar-refractivity contribution in [1.82, 2.24) is 5.32 Å². The van der Waals surface area contributed by atoms with Crippen LogP contribution in [0.25, 0.3) is 0 Å². The first kappa shape index (κ1) is 12.1. The highest BCUT2D eigenvalue weighted by atomic mass is 16.1. The molecule has 0 bridgehead atoms. The number of Topliss-reactive ketones (excluding diaryl/α,β-unsaturated/α-hetero) is 1. The van der Waals surface area contributed by atoms with Crippen molar-refractivity contribution in [1.29, 1.82) is 0 Å². The second-order valence-corrected chi connectivity index (χ2v) is 4.47. The van der Waals surface area contributed by atoms with Gasteiger partial charge in [-0.2, -0.15) is 0 Å². The molecule has 1 heterocycles. The first-order valence-electron chi connectivity index (χ1n) is 6.35. The summed E-state index contributed by atoms with van der Waals surface area (Å²) in [6.07, 6.45) is 7.86. The van der Waals surface area contributed by atoms with Crippen LogP contribution in [0.4, 0.5) is 0 Å². The summed E-state index contributed by atoms with van der Waals surface area (Å²) in [5, 5.41) is 3.21. The summed E-state index contributed by atoms with van der Waals surface area (Å²) < 4.78 is 0. The highest BCUT2D eigenvalue weighted by Crippen LogP contribution is 2.18. The van der Waals surface area contributed by atoms with Crippen LogP contribution in [-0.2, 0) is 0 Å². The highest BCUT2D eigenvalue weighted by molar-refractivity contribution is 6.02. The van der Waals surface area contributed by atoms with Crippen molar-refractivity contribution >= 4 is 5.78 Å². The fourth-order valence-corrected chi connectivity index (χ4v) is 1.90. The number of benzene rings is 1.